The lowest BCUT2D eigenvalue weighted by Gasteiger charge is -2.12. The topological polar surface area (TPSA) is 64.1 Å². The van der Waals surface area contributed by atoms with E-state index in [1.165, 1.54) is 11.1 Å². The van der Waals surface area contributed by atoms with Gasteiger partial charge in [-0.25, -0.2) is 13.8 Å². The first-order valence-electron chi connectivity index (χ1n) is 6.32. The summed E-state index contributed by atoms with van der Waals surface area (Å²) in [5.41, 5.74) is -4.95. The fraction of sp³-hybridized carbons (Fsp3) is 0.143. The zero-order valence-corrected chi connectivity index (χ0v) is 12.5. The van der Waals surface area contributed by atoms with Gasteiger partial charge in [-0.15, -0.1) is 0 Å². The van der Waals surface area contributed by atoms with Crippen molar-refractivity contribution in [1.29, 1.82) is 0 Å². The molecule has 0 radical (unpaired) electrons. The summed E-state index contributed by atoms with van der Waals surface area (Å²) in [4.78, 5) is 25.2. The molecule has 0 aliphatic carbocycles. The molecule has 0 saturated carbocycles. The molecule has 1 heterocycles. The van der Waals surface area contributed by atoms with Crippen LogP contribution in [0.1, 0.15) is 5.69 Å². The summed E-state index contributed by atoms with van der Waals surface area (Å²) < 4.78 is 57.1. The van der Waals surface area contributed by atoms with Gasteiger partial charge in [0.1, 0.15) is 23.9 Å². The summed E-state index contributed by atoms with van der Waals surface area (Å²) >= 11 is 5.77. The summed E-state index contributed by atoms with van der Waals surface area (Å²) in [6.45, 7) is 3.41. The third-order valence-electron chi connectivity index (χ3n) is 2.84. The minimum atomic E-state index is -4.92. The third kappa shape index (κ3) is 3.51. The van der Waals surface area contributed by atoms with E-state index in [9.17, 15) is 27.2 Å². The molecule has 1 aromatic heterocycles. The van der Waals surface area contributed by atoms with Crippen molar-refractivity contribution in [2.75, 3.05) is 6.61 Å². The molecule has 0 aliphatic heterocycles. The van der Waals surface area contributed by atoms with E-state index in [-0.39, 0.29) is 28.0 Å². The third-order valence-corrected chi connectivity index (χ3v) is 3.13. The van der Waals surface area contributed by atoms with Gasteiger partial charge in [0.15, 0.2) is 0 Å². The van der Waals surface area contributed by atoms with Gasteiger partial charge in [0.25, 0.3) is 5.56 Å². The monoisotopic (exact) mass is 364 g/mol. The number of H-pyrrole nitrogens is 1. The van der Waals surface area contributed by atoms with E-state index in [4.69, 9.17) is 16.3 Å². The second kappa shape index (κ2) is 6.52. The fourth-order valence-corrected chi connectivity index (χ4v) is 2.03. The standard InChI is InChI=1S/C14H9ClF4N2O3/c1-2-3-24-10-5-9(8(16)4-7(10)15)21-12(22)6-11(14(17,18)19)20-13(21)23/h2,4-6H,1,3H2,(H,20,23). The maximum Gasteiger partial charge on any atom is 0.431 e. The predicted octanol–water partition coefficient (Wildman–Crippen LogP) is 2.90. The Bertz CT molecular complexity index is 871. The van der Waals surface area contributed by atoms with Gasteiger partial charge in [0.2, 0.25) is 0 Å². The molecule has 10 heteroatoms. The Morgan fingerprint density at radius 1 is 1.29 bits per heavy atom. The number of nitrogens with zero attached hydrogens (tertiary/aromatic N) is 1. The van der Waals surface area contributed by atoms with Crippen LogP contribution in [0.3, 0.4) is 0 Å². The summed E-state index contributed by atoms with van der Waals surface area (Å²) in [5.74, 6) is -1.16. The lowest BCUT2D eigenvalue weighted by molar-refractivity contribution is -0.141. The second-order valence-corrected chi connectivity index (χ2v) is 4.90. The number of alkyl halides is 3. The Morgan fingerprint density at radius 3 is 2.50 bits per heavy atom. The maximum atomic E-state index is 14.0. The number of hydrogen-bond donors (Lipinski definition) is 1. The molecule has 0 fully saturated rings. The lowest BCUT2D eigenvalue weighted by Crippen LogP contribution is -2.36. The van der Waals surface area contributed by atoms with E-state index >= 15 is 0 Å². The Kier molecular flexibility index (Phi) is 4.83. The van der Waals surface area contributed by atoms with Gasteiger partial charge < -0.3 is 9.72 Å². The molecule has 24 heavy (non-hydrogen) atoms. The van der Waals surface area contributed by atoms with Crippen LogP contribution in [-0.2, 0) is 6.18 Å². The van der Waals surface area contributed by atoms with Gasteiger partial charge in [0.05, 0.1) is 10.7 Å². The fourth-order valence-electron chi connectivity index (χ4n) is 1.83. The molecular formula is C14H9ClF4N2O3. The van der Waals surface area contributed by atoms with E-state index in [1.54, 1.807) is 0 Å². The van der Waals surface area contributed by atoms with Gasteiger partial charge in [-0.1, -0.05) is 24.3 Å². The zero-order chi connectivity index (χ0) is 18.1. The molecule has 0 spiro atoms. The van der Waals surface area contributed by atoms with Crippen LogP contribution in [-0.4, -0.2) is 16.2 Å². The molecule has 128 valence electrons. The average molecular weight is 365 g/mol. The van der Waals surface area contributed by atoms with E-state index in [2.05, 4.69) is 6.58 Å². The Balaban J connectivity index is 2.66. The van der Waals surface area contributed by atoms with Crippen LogP contribution in [0.2, 0.25) is 5.02 Å². The highest BCUT2D eigenvalue weighted by Gasteiger charge is 2.33. The highest BCUT2D eigenvalue weighted by Crippen LogP contribution is 2.29. The molecule has 0 bridgehead atoms. The molecule has 0 aliphatic rings. The number of hydrogen-bond acceptors (Lipinski definition) is 3. The largest absolute Gasteiger partial charge is 0.488 e. The van der Waals surface area contributed by atoms with Crippen LogP contribution in [0, 0.1) is 5.82 Å². The Hall–Kier alpha value is -2.55. The van der Waals surface area contributed by atoms with Crippen LogP contribution in [0.25, 0.3) is 5.69 Å². The number of rotatable bonds is 4. The predicted molar refractivity (Wildman–Crippen MR) is 78.3 cm³/mol. The normalized spacial score (nSPS) is 11.4. The Labute approximate surface area is 136 Å². The highest BCUT2D eigenvalue weighted by molar-refractivity contribution is 6.32. The van der Waals surface area contributed by atoms with E-state index < -0.39 is 34.6 Å². The number of halogens is 5. The average Bonchev–Trinajstić information content (AvgIpc) is 2.46. The summed E-state index contributed by atoms with van der Waals surface area (Å²) in [6, 6.07) is 1.86. The minimum Gasteiger partial charge on any atom is -0.488 e. The first kappa shape index (κ1) is 17.8. The van der Waals surface area contributed by atoms with Crippen LogP contribution >= 0.6 is 11.6 Å². The first-order valence-corrected chi connectivity index (χ1v) is 6.69. The maximum absolute atomic E-state index is 14.0. The van der Waals surface area contributed by atoms with Gasteiger partial charge in [-0.3, -0.25) is 4.79 Å². The smallest absolute Gasteiger partial charge is 0.431 e. The molecule has 0 atom stereocenters. The second-order valence-electron chi connectivity index (χ2n) is 4.49. The summed E-state index contributed by atoms with van der Waals surface area (Å²) in [6.07, 6.45) is -3.55. The van der Waals surface area contributed by atoms with Crippen molar-refractivity contribution in [2.24, 2.45) is 0 Å². The Morgan fingerprint density at radius 2 is 1.96 bits per heavy atom. The summed E-state index contributed by atoms with van der Waals surface area (Å²) in [5, 5.41) is -0.144. The molecule has 5 nitrogen and oxygen atoms in total. The van der Waals surface area contributed by atoms with Crippen molar-refractivity contribution < 1.29 is 22.3 Å². The van der Waals surface area contributed by atoms with Crippen LogP contribution < -0.4 is 16.0 Å². The zero-order valence-electron chi connectivity index (χ0n) is 11.8. The van der Waals surface area contributed by atoms with Crippen molar-refractivity contribution in [3.63, 3.8) is 0 Å². The number of nitrogens with one attached hydrogen (secondary N) is 1. The van der Waals surface area contributed by atoms with Gasteiger partial charge in [0, 0.05) is 12.1 Å². The number of ether oxygens (including phenoxy) is 1. The molecule has 0 unspecified atom stereocenters. The van der Waals surface area contributed by atoms with E-state index in [0.29, 0.717) is 0 Å². The van der Waals surface area contributed by atoms with Crippen molar-refractivity contribution in [2.45, 2.75) is 6.18 Å². The molecular weight excluding hydrogens is 356 g/mol. The quantitative estimate of drug-likeness (QED) is 0.670. The van der Waals surface area contributed by atoms with Crippen molar-refractivity contribution in [3.8, 4) is 11.4 Å². The lowest BCUT2D eigenvalue weighted by atomic mass is 10.2. The van der Waals surface area contributed by atoms with Crippen molar-refractivity contribution >= 4 is 11.6 Å². The first-order chi connectivity index (χ1) is 11.1. The van der Waals surface area contributed by atoms with Gasteiger partial charge in [-0.2, -0.15) is 13.2 Å². The molecule has 0 amide bonds. The summed E-state index contributed by atoms with van der Waals surface area (Å²) in [7, 11) is 0. The van der Waals surface area contributed by atoms with Crippen molar-refractivity contribution in [3.05, 3.63) is 68.2 Å². The van der Waals surface area contributed by atoms with E-state index in [1.807, 2.05) is 0 Å². The van der Waals surface area contributed by atoms with E-state index in [0.717, 1.165) is 12.1 Å². The van der Waals surface area contributed by atoms with Gasteiger partial charge in [-0.05, 0) is 6.07 Å². The number of aromatic amines is 1. The molecule has 1 aromatic carbocycles. The molecule has 2 aromatic rings. The van der Waals surface area contributed by atoms with Crippen LogP contribution in [0.4, 0.5) is 17.6 Å². The molecule has 1 N–H and O–H groups in total. The highest BCUT2D eigenvalue weighted by atomic mass is 35.5. The molecule has 2 rings (SSSR count). The molecule has 0 saturated heterocycles. The van der Waals surface area contributed by atoms with Crippen LogP contribution in [0.15, 0.2) is 40.4 Å². The van der Waals surface area contributed by atoms with Crippen molar-refractivity contribution in [1.82, 2.24) is 9.55 Å². The SMILES string of the molecule is C=CCOc1cc(-n2c(=O)cc(C(F)(F)F)[nH]c2=O)c(F)cc1Cl. The van der Waals surface area contributed by atoms with Crippen LogP contribution in [0.5, 0.6) is 5.75 Å². The number of benzene rings is 1. The van der Waals surface area contributed by atoms with Gasteiger partial charge >= 0.3 is 11.9 Å². The number of aromatic nitrogens is 2. The minimum absolute atomic E-state index is 0.00304.